The van der Waals surface area contributed by atoms with Gasteiger partial charge in [-0.2, -0.15) is 4.98 Å². The molecule has 4 nitrogen and oxygen atoms in total. The maximum Gasteiger partial charge on any atom is 0.259 e. The Kier molecular flexibility index (Phi) is 4.63. The Bertz CT molecular complexity index is 518. The first-order valence-corrected chi connectivity index (χ1v) is 6.93. The fourth-order valence-electron chi connectivity index (χ4n) is 1.33. The molecule has 0 aliphatic carbocycles. The number of nitrogens with zero attached hydrogens (tertiary/aromatic N) is 2. The van der Waals surface area contributed by atoms with Crippen LogP contribution in [0.4, 0.5) is 0 Å². The molecule has 1 aromatic heterocycles. The van der Waals surface area contributed by atoms with Crippen LogP contribution in [0.25, 0.3) is 11.5 Å². The third kappa shape index (κ3) is 3.25. The summed E-state index contributed by atoms with van der Waals surface area (Å²) in [4.78, 5) is 4.28. The zero-order valence-electron chi connectivity index (χ0n) is 9.84. The standard InChI is InChI=1S/C12H13ClN2O2S/c1-8(6-16)18-7-11-14-12(17-15-11)9-4-2-3-5-10(9)13/h2-5,8,16H,6-7H2,1H3. The van der Waals surface area contributed by atoms with Gasteiger partial charge < -0.3 is 9.63 Å². The van der Waals surface area contributed by atoms with Crippen LogP contribution in [0.15, 0.2) is 28.8 Å². The quantitative estimate of drug-likeness (QED) is 0.914. The average molecular weight is 285 g/mol. The van der Waals surface area contributed by atoms with Gasteiger partial charge in [-0.1, -0.05) is 35.8 Å². The molecule has 18 heavy (non-hydrogen) atoms. The molecule has 1 heterocycles. The summed E-state index contributed by atoms with van der Waals surface area (Å²) in [5.74, 6) is 1.64. The molecular weight excluding hydrogens is 272 g/mol. The van der Waals surface area contributed by atoms with Crippen LogP contribution < -0.4 is 0 Å². The molecule has 0 saturated carbocycles. The van der Waals surface area contributed by atoms with Gasteiger partial charge in [0.1, 0.15) is 0 Å². The SMILES string of the molecule is CC(CO)SCc1noc(-c2ccccc2Cl)n1. The van der Waals surface area contributed by atoms with E-state index in [2.05, 4.69) is 10.1 Å². The molecule has 1 N–H and O–H groups in total. The van der Waals surface area contributed by atoms with Crippen molar-refractivity contribution in [1.82, 2.24) is 10.1 Å². The smallest absolute Gasteiger partial charge is 0.259 e. The van der Waals surface area contributed by atoms with Crippen molar-refractivity contribution in [2.45, 2.75) is 17.9 Å². The molecule has 2 aromatic rings. The third-order valence-corrected chi connectivity index (χ3v) is 3.80. The van der Waals surface area contributed by atoms with E-state index in [1.54, 1.807) is 17.8 Å². The van der Waals surface area contributed by atoms with E-state index in [1.165, 1.54) is 0 Å². The van der Waals surface area contributed by atoms with Crippen molar-refractivity contribution >= 4 is 23.4 Å². The second kappa shape index (κ2) is 6.22. The topological polar surface area (TPSA) is 59.2 Å². The molecule has 96 valence electrons. The number of benzene rings is 1. The van der Waals surface area contributed by atoms with E-state index in [0.717, 1.165) is 5.56 Å². The van der Waals surface area contributed by atoms with E-state index in [-0.39, 0.29) is 11.9 Å². The zero-order chi connectivity index (χ0) is 13.0. The summed E-state index contributed by atoms with van der Waals surface area (Å²) in [7, 11) is 0. The molecule has 1 atom stereocenters. The second-order valence-electron chi connectivity index (χ2n) is 3.80. The number of aliphatic hydroxyl groups is 1. The van der Waals surface area contributed by atoms with E-state index in [4.69, 9.17) is 21.2 Å². The van der Waals surface area contributed by atoms with Gasteiger partial charge in [-0.3, -0.25) is 0 Å². The Labute approximate surface area is 114 Å². The molecule has 0 saturated heterocycles. The van der Waals surface area contributed by atoms with Crippen LogP contribution in [-0.2, 0) is 5.75 Å². The summed E-state index contributed by atoms with van der Waals surface area (Å²) in [6.07, 6.45) is 0. The normalized spacial score (nSPS) is 12.6. The van der Waals surface area contributed by atoms with Crippen molar-refractivity contribution in [3.05, 3.63) is 35.1 Å². The Morgan fingerprint density at radius 2 is 2.22 bits per heavy atom. The maximum absolute atomic E-state index is 8.93. The van der Waals surface area contributed by atoms with Gasteiger partial charge in [0.25, 0.3) is 5.89 Å². The molecule has 1 unspecified atom stereocenters. The van der Waals surface area contributed by atoms with E-state index in [0.29, 0.717) is 22.5 Å². The van der Waals surface area contributed by atoms with Gasteiger partial charge in [-0.15, -0.1) is 11.8 Å². The lowest BCUT2D eigenvalue weighted by molar-refractivity contribution is 0.300. The highest BCUT2D eigenvalue weighted by Gasteiger charge is 2.12. The highest BCUT2D eigenvalue weighted by atomic mass is 35.5. The predicted molar refractivity (Wildman–Crippen MR) is 72.6 cm³/mol. The van der Waals surface area contributed by atoms with Gasteiger partial charge in [0.05, 0.1) is 22.9 Å². The Morgan fingerprint density at radius 3 is 2.94 bits per heavy atom. The van der Waals surface area contributed by atoms with Crippen molar-refractivity contribution in [3.63, 3.8) is 0 Å². The first-order chi connectivity index (χ1) is 8.70. The van der Waals surface area contributed by atoms with E-state index >= 15 is 0 Å². The van der Waals surface area contributed by atoms with Gasteiger partial charge in [-0.25, -0.2) is 0 Å². The van der Waals surface area contributed by atoms with E-state index in [1.807, 2.05) is 25.1 Å². The van der Waals surface area contributed by atoms with Crippen LogP contribution >= 0.6 is 23.4 Å². The number of aromatic nitrogens is 2. The Hall–Kier alpha value is -1.04. The largest absolute Gasteiger partial charge is 0.395 e. The Morgan fingerprint density at radius 1 is 1.44 bits per heavy atom. The van der Waals surface area contributed by atoms with Crippen molar-refractivity contribution in [2.24, 2.45) is 0 Å². The van der Waals surface area contributed by atoms with Gasteiger partial charge >= 0.3 is 0 Å². The van der Waals surface area contributed by atoms with Crippen LogP contribution in [0.1, 0.15) is 12.7 Å². The minimum absolute atomic E-state index is 0.139. The molecular formula is C12H13ClN2O2S. The predicted octanol–water partition coefficient (Wildman–Crippen LogP) is 3.00. The molecule has 2 rings (SSSR count). The molecule has 0 spiro atoms. The van der Waals surface area contributed by atoms with Crippen LogP contribution in [0, 0.1) is 0 Å². The van der Waals surface area contributed by atoms with Gasteiger partial charge in [-0.05, 0) is 12.1 Å². The fourth-order valence-corrected chi connectivity index (χ4v) is 2.20. The number of rotatable bonds is 5. The number of hydrogen-bond acceptors (Lipinski definition) is 5. The Balaban J connectivity index is 2.09. The number of thioether (sulfide) groups is 1. The van der Waals surface area contributed by atoms with Crippen molar-refractivity contribution in [3.8, 4) is 11.5 Å². The molecule has 1 aromatic carbocycles. The molecule has 0 aliphatic rings. The highest BCUT2D eigenvalue weighted by molar-refractivity contribution is 7.99. The third-order valence-electron chi connectivity index (χ3n) is 2.33. The lowest BCUT2D eigenvalue weighted by Gasteiger charge is -2.03. The molecule has 6 heteroatoms. The lowest BCUT2D eigenvalue weighted by Crippen LogP contribution is -2.02. The van der Waals surface area contributed by atoms with Crippen molar-refractivity contribution in [1.29, 1.82) is 0 Å². The summed E-state index contributed by atoms with van der Waals surface area (Å²) in [6.45, 7) is 2.08. The summed E-state index contributed by atoms with van der Waals surface area (Å²) >= 11 is 7.63. The number of halogens is 1. The van der Waals surface area contributed by atoms with Crippen LogP contribution in [0.3, 0.4) is 0 Å². The van der Waals surface area contributed by atoms with E-state index < -0.39 is 0 Å². The molecule has 0 fully saturated rings. The van der Waals surface area contributed by atoms with Crippen LogP contribution in [-0.4, -0.2) is 27.1 Å². The monoisotopic (exact) mass is 284 g/mol. The summed E-state index contributed by atoms with van der Waals surface area (Å²) in [6, 6.07) is 7.34. The lowest BCUT2D eigenvalue weighted by atomic mass is 10.2. The molecule has 0 aliphatic heterocycles. The van der Waals surface area contributed by atoms with Gasteiger partial charge in [0.15, 0.2) is 5.82 Å². The average Bonchev–Trinajstić information content (AvgIpc) is 2.85. The zero-order valence-corrected chi connectivity index (χ0v) is 11.4. The number of aliphatic hydroxyl groups excluding tert-OH is 1. The highest BCUT2D eigenvalue weighted by Crippen LogP contribution is 2.26. The minimum Gasteiger partial charge on any atom is -0.395 e. The van der Waals surface area contributed by atoms with Crippen molar-refractivity contribution in [2.75, 3.05) is 6.61 Å². The first-order valence-electron chi connectivity index (χ1n) is 5.50. The fraction of sp³-hybridized carbons (Fsp3) is 0.333. The van der Waals surface area contributed by atoms with Crippen LogP contribution in [0.2, 0.25) is 5.02 Å². The van der Waals surface area contributed by atoms with Gasteiger partial charge in [0, 0.05) is 5.25 Å². The first kappa shape index (κ1) is 13.4. The molecule has 0 radical (unpaired) electrons. The minimum atomic E-state index is 0.139. The number of hydrogen-bond donors (Lipinski definition) is 1. The summed E-state index contributed by atoms with van der Waals surface area (Å²) in [5, 5.41) is 13.6. The van der Waals surface area contributed by atoms with Gasteiger partial charge in [0.2, 0.25) is 0 Å². The summed E-state index contributed by atoms with van der Waals surface area (Å²) < 4.78 is 5.18. The van der Waals surface area contributed by atoms with Crippen LogP contribution in [0.5, 0.6) is 0 Å². The van der Waals surface area contributed by atoms with Crippen molar-refractivity contribution < 1.29 is 9.63 Å². The maximum atomic E-state index is 8.93. The molecule has 0 bridgehead atoms. The molecule has 0 amide bonds. The summed E-state index contributed by atoms with van der Waals surface area (Å²) in [5.41, 5.74) is 0.734. The second-order valence-corrected chi connectivity index (χ2v) is 5.63. The van der Waals surface area contributed by atoms with E-state index in [9.17, 15) is 0 Å².